The van der Waals surface area contributed by atoms with Gasteiger partial charge in [0, 0.05) is 48.2 Å². The van der Waals surface area contributed by atoms with Crippen molar-refractivity contribution < 1.29 is 57.4 Å². The molecule has 0 spiro atoms. The van der Waals surface area contributed by atoms with Gasteiger partial charge in [-0.05, 0) is 221 Å². The minimum atomic E-state index is -3.23. The van der Waals surface area contributed by atoms with Gasteiger partial charge in [0.05, 0.1) is 50.4 Å². The van der Waals surface area contributed by atoms with Gasteiger partial charge in [-0.3, -0.25) is 14.4 Å². The number of carboxylic acids is 1. The van der Waals surface area contributed by atoms with E-state index in [1.807, 2.05) is 134 Å². The summed E-state index contributed by atoms with van der Waals surface area (Å²) < 4.78 is 46.5. The Balaban J connectivity index is 0.000000185. The fraction of sp³-hybridized carbons (Fsp3) is 0.241. The van der Waals surface area contributed by atoms with Gasteiger partial charge in [-0.15, -0.1) is 0 Å². The van der Waals surface area contributed by atoms with Crippen LogP contribution in [0.15, 0.2) is 200 Å². The number of carbonyl (C=O) groups excluding carboxylic acids is 3. The quantitative estimate of drug-likeness (QED) is 0.0484. The first-order valence-corrected chi connectivity index (χ1v) is 33.7. The molecule has 4 aliphatic rings. The van der Waals surface area contributed by atoms with E-state index >= 15 is 0 Å². The number of hydrogen-bond donors (Lipinski definition) is 5. The minimum absolute atomic E-state index is 0. The second kappa shape index (κ2) is 27.0. The molecule has 1 aliphatic heterocycles. The molecule has 2 amide bonds. The Hall–Kier alpha value is -10.3. The first-order valence-electron chi connectivity index (χ1n) is 31.8. The largest absolute Gasteiger partial charge is 0.497 e. The third-order valence-electron chi connectivity index (χ3n) is 18.9. The van der Waals surface area contributed by atoms with Crippen molar-refractivity contribution in [2.75, 3.05) is 44.8 Å². The predicted octanol–water partition coefficient (Wildman–Crippen LogP) is 16.0. The number of H-pyrrole nitrogens is 1. The molecule has 2 heterocycles. The van der Waals surface area contributed by atoms with Crippen molar-refractivity contribution in [1.29, 1.82) is 0 Å². The van der Waals surface area contributed by atoms with Crippen LogP contribution in [0.3, 0.4) is 0 Å². The highest BCUT2D eigenvalue weighted by molar-refractivity contribution is 7.88. The lowest BCUT2D eigenvalue weighted by atomic mass is 9.86. The summed E-state index contributed by atoms with van der Waals surface area (Å²) in [7, 11) is 1.46. The van der Waals surface area contributed by atoms with E-state index in [1.165, 1.54) is 46.4 Å². The van der Waals surface area contributed by atoms with Crippen LogP contribution in [0, 0.1) is 13.8 Å². The summed E-state index contributed by atoms with van der Waals surface area (Å²) in [6.07, 6.45) is 9.67. The van der Waals surface area contributed by atoms with Gasteiger partial charge in [0.15, 0.2) is 0 Å². The third-order valence-corrected chi connectivity index (χ3v) is 19.5. The van der Waals surface area contributed by atoms with Crippen LogP contribution in [-0.2, 0) is 60.0 Å². The summed E-state index contributed by atoms with van der Waals surface area (Å²) in [6.45, 7) is 5.11. The van der Waals surface area contributed by atoms with E-state index < -0.39 is 26.8 Å². The second-order valence-electron chi connectivity index (χ2n) is 25.2. The van der Waals surface area contributed by atoms with Crippen LogP contribution in [0.5, 0.6) is 23.0 Å². The molecule has 95 heavy (non-hydrogen) atoms. The van der Waals surface area contributed by atoms with Crippen molar-refractivity contribution in [2.24, 2.45) is 0 Å². The van der Waals surface area contributed by atoms with Crippen molar-refractivity contribution in [1.82, 2.24) is 9.71 Å². The summed E-state index contributed by atoms with van der Waals surface area (Å²) in [5, 5.41) is 16.7. The van der Waals surface area contributed by atoms with E-state index in [-0.39, 0.29) is 35.0 Å². The zero-order valence-electron chi connectivity index (χ0n) is 54.1. The fourth-order valence-electron chi connectivity index (χ4n) is 12.7. The van der Waals surface area contributed by atoms with Crippen molar-refractivity contribution in [3.63, 3.8) is 0 Å². The second-order valence-corrected chi connectivity index (χ2v) is 27.0. The molecule has 3 saturated carbocycles. The maximum atomic E-state index is 13.4. The minimum Gasteiger partial charge on any atom is -0.497 e. The molecule has 14 rings (SSSR count). The van der Waals surface area contributed by atoms with E-state index in [0.29, 0.717) is 23.6 Å². The molecular formula is C79H84N4O11S. The molecule has 9 aromatic carbocycles. The number of carboxylic acid groups (broad SMARTS) is 1. The van der Waals surface area contributed by atoms with Crippen LogP contribution in [0.1, 0.15) is 99.1 Å². The highest BCUT2D eigenvalue weighted by Crippen LogP contribution is 2.52. The number of nitrogens with one attached hydrogen (secondary N) is 4. The SMILES string of the molecule is COc1ccc(C2(C(=O)Nc3ccc(C)c(-c4ccc(C(=O)O)c(OC)c4)c3)CC2)cc1.COc1cccc(C2(C(=O)Nc3cccc(-c4ccc(CNS(C)(=O)=O)cc4)c3)CC2)c1.Cc1ccc(CC(=O)C2(c3ccc4c(c3)CCO4)CC2)cc1-c1ccc2[nH]ccc2c1.[HH].[HH].[HH].[HH]. The Morgan fingerprint density at radius 1 is 0.558 bits per heavy atom. The molecule has 5 N–H and O–H groups in total. The zero-order chi connectivity index (χ0) is 66.7. The lowest BCUT2D eigenvalue weighted by Gasteiger charge is -2.17. The summed E-state index contributed by atoms with van der Waals surface area (Å²) in [5.41, 5.74) is 16.0. The Morgan fingerprint density at radius 3 is 1.84 bits per heavy atom. The van der Waals surface area contributed by atoms with Crippen molar-refractivity contribution >= 4 is 55.9 Å². The van der Waals surface area contributed by atoms with Crippen LogP contribution < -0.4 is 34.3 Å². The number of hydrogen-bond acceptors (Lipinski definition) is 10. The number of benzene rings is 9. The summed E-state index contributed by atoms with van der Waals surface area (Å²) in [5.74, 6) is 2.04. The molecular weight excluding hydrogens is 1210 g/mol. The molecule has 0 unspecified atom stereocenters. The maximum absolute atomic E-state index is 13.4. The van der Waals surface area contributed by atoms with Gasteiger partial charge in [-0.25, -0.2) is 17.9 Å². The Labute approximate surface area is 559 Å². The smallest absolute Gasteiger partial charge is 0.339 e. The van der Waals surface area contributed by atoms with Gasteiger partial charge in [-0.2, -0.15) is 0 Å². The van der Waals surface area contributed by atoms with Crippen LogP contribution in [0.4, 0.5) is 11.4 Å². The van der Waals surface area contributed by atoms with Gasteiger partial charge < -0.3 is 39.7 Å². The first-order chi connectivity index (χ1) is 45.8. The molecule has 15 nitrogen and oxygen atoms in total. The van der Waals surface area contributed by atoms with Crippen molar-refractivity contribution in [2.45, 2.75) is 88.0 Å². The van der Waals surface area contributed by atoms with E-state index in [2.05, 4.69) is 81.9 Å². The number of methoxy groups -OCH3 is 3. The molecule has 0 atom stereocenters. The highest BCUT2D eigenvalue weighted by atomic mass is 32.2. The number of ether oxygens (including phenoxy) is 4. The summed E-state index contributed by atoms with van der Waals surface area (Å²) in [6, 6.07) is 62.9. The molecule has 3 fully saturated rings. The number of rotatable bonds is 20. The predicted molar refractivity (Wildman–Crippen MR) is 381 cm³/mol. The fourth-order valence-corrected chi connectivity index (χ4v) is 13.2. The molecule has 16 heteroatoms. The number of aryl methyl sites for hydroxylation is 2. The molecule has 3 aliphatic carbocycles. The molecule has 0 saturated heterocycles. The standard InChI is InChI=1S/C28H25NO2.C26H25NO5.C25H26N2O4S.4H2/c1-18-2-3-19(14-24(18)20-4-6-25-21(16-20)8-12-29-25)15-27(30)28(10-11-28)23-5-7-26-22(17-23)9-13-31-26;1-16-4-8-19(15-22(16)17-5-11-21(24(28)29)23(14-17)32-3)27-25(30)26(12-13-26)18-6-9-20(31-2)10-7-18;1-31-23-8-4-6-21(16-23)25(13-14-25)24(28)27-22-7-3-5-20(15-22)19-11-9-18(10-12-19)17-26-32(2,29)30;;;;/h2-8,12,14,16-17,29H,9-11,13,15H2,1H3;4-11,14-15H,12-13H2,1-3H3,(H,27,30)(H,28,29);3-12,15-16,26H,13-14,17H2,1-2H3,(H,27,28);4*1H. The van der Waals surface area contributed by atoms with E-state index in [9.17, 15) is 32.7 Å². The Bertz CT molecular complexity index is 4700. The number of ketones is 1. The maximum Gasteiger partial charge on any atom is 0.339 e. The van der Waals surface area contributed by atoms with E-state index in [4.69, 9.17) is 18.9 Å². The first kappa shape index (κ1) is 64.8. The lowest BCUT2D eigenvalue weighted by molar-refractivity contribution is -0.121. The van der Waals surface area contributed by atoms with Crippen molar-refractivity contribution in [3.05, 3.63) is 250 Å². The Morgan fingerprint density at radius 2 is 1.17 bits per heavy atom. The van der Waals surface area contributed by atoms with Crippen molar-refractivity contribution in [3.8, 4) is 56.4 Å². The number of sulfonamides is 1. The van der Waals surface area contributed by atoms with Crippen LogP contribution >= 0.6 is 0 Å². The molecule has 10 aromatic rings. The lowest BCUT2D eigenvalue weighted by Crippen LogP contribution is -2.27. The molecule has 1 aromatic heterocycles. The van der Waals surface area contributed by atoms with Gasteiger partial charge >= 0.3 is 5.97 Å². The highest BCUT2D eigenvalue weighted by Gasteiger charge is 2.53. The Kier molecular flexibility index (Phi) is 18.4. The topological polar surface area (TPSA) is 211 Å². The number of amides is 2. The van der Waals surface area contributed by atoms with E-state index in [0.717, 1.165) is 136 Å². The number of Topliss-reactive ketones (excluding diaryl/α,β-unsaturated/α-hetero) is 1. The number of fused-ring (bicyclic) bond motifs is 2. The van der Waals surface area contributed by atoms with Gasteiger partial charge in [0.1, 0.15) is 34.3 Å². The summed E-state index contributed by atoms with van der Waals surface area (Å²) >= 11 is 0. The number of aromatic nitrogens is 1. The number of carbonyl (C=O) groups is 4. The summed E-state index contributed by atoms with van der Waals surface area (Å²) in [4.78, 5) is 54.4. The average molecular weight is 1300 g/mol. The van der Waals surface area contributed by atoms with Gasteiger partial charge in [-0.1, -0.05) is 109 Å². The van der Waals surface area contributed by atoms with E-state index in [1.54, 1.807) is 26.4 Å². The number of aromatic amines is 1. The van der Waals surface area contributed by atoms with Gasteiger partial charge in [0.25, 0.3) is 0 Å². The number of aromatic carboxylic acids is 1. The molecule has 0 radical (unpaired) electrons. The zero-order valence-corrected chi connectivity index (χ0v) is 54.9. The van der Waals surface area contributed by atoms with Crippen LogP contribution in [0.25, 0.3) is 44.3 Å². The monoisotopic (exact) mass is 1300 g/mol. The molecule has 492 valence electrons. The normalized spacial score (nSPS) is 14.8. The van der Waals surface area contributed by atoms with Crippen LogP contribution in [0.2, 0.25) is 0 Å². The van der Waals surface area contributed by atoms with Gasteiger partial charge in [0.2, 0.25) is 21.8 Å². The number of anilines is 2. The average Bonchev–Trinajstić information content (AvgIpc) is 1.58. The van der Waals surface area contributed by atoms with Crippen LogP contribution in [-0.4, -0.2) is 76.3 Å². The third kappa shape index (κ3) is 14.3. The molecule has 0 bridgehead atoms.